The van der Waals surface area contributed by atoms with Crippen LogP contribution in [0.15, 0.2) is 64.4 Å². The molecule has 0 atom stereocenters. The van der Waals surface area contributed by atoms with Crippen molar-refractivity contribution >= 4 is 21.6 Å². The lowest BCUT2D eigenvalue weighted by atomic mass is 10.2. The minimum Gasteiger partial charge on any atom is -0.497 e. The molecule has 0 saturated carbocycles. The van der Waals surface area contributed by atoms with E-state index in [1.165, 1.54) is 19.2 Å². The van der Waals surface area contributed by atoms with Gasteiger partial charge in [0, 0.05) is 18.2 Å². The predicted octanol–water partition coefficient (Wildman–Crippen LogP) is 4.59. The summed E-state index contributed by atoms with van der Waals surface area (Å²) >= 11 is 0. The number of nitrogens with one attached hydrogen (secondary N) is 1. The first-order valence-corrected chi connectivity index (χ1v) is 11.6. The Hall–Kier alpha value is -3.06. The largest absolute Gasteiger partial charge is 0.497 e. The van der Waals surface area contributed by atoms with Crippen LogP contribution in [0.25, 0.3) is 0 Å². The number of methoxy groups -OCH3 is 1. The number of amides is 1. The summed E-state index contributed by atoms with van der Waals surface area (Å²) in [7, 11) is -2.35. The van der Waals surface area contributed by atoms with E-state index < -0.39 is 9.84 Å². The molecule has 6 nitrogen and oxygen atoms in total. The standard InChI is InChI=1S/C24H28N2O4S/c1-16(2)24(27)25-23-22(31(28,29)21-13-11-20(30-5)12-14-21)17(3)18(4)26(23)15-19-9-7-6-8-10-19/h6-14,16H,15H2,1-5H3,(H,25,27). The monoisotopic (exact) mass is 440 g/mol. The van der Waals surface area contributed by atoms with Gasteiger partial charge in [-0.1, -0.05) is 44.2 Å². The third-order valence-electron chi connectivity index (χ3n) is 5.36. The summed E-state index contributed by atoms with van der Waals surface area (Å²) in [6, 6.07) is 16.0. The average Bonchev–Trinajstić information content (AvgIpc) is 2.99. The lowest BCUT2D eigenvalue weighted by molar-refractivity contribution is -0.118. The van der Waals surface area contributed by atoms with Gasteiger partial charge in [-0.15, -0.1) is 0 Å². The van der Waals surface area contributed by atoms with Crippen LogP contribution in [0.3, 0.4) is 0 Å². The number of ether oxygens (including phenoxy) is 1. The number of carbonyl (C=O) groups excluding carboxylic acids is 1. The quantitative estimate of drug-likeness (QED) is 0.583. The lowest BCUT2D eigenvalue weighted by Gasteiger charge is -2.16. The number of sulfone groups is 1. The second-order valence-corrected chi connectivity index (χ2v) is 9.67. The van der Waals surface area contributed by atoms with Crippen LogP contribution >= 0.6 is 0 Å². The number of benzene rings is 2. The first kappa shape index (κ1) is 22.6. The van der Waals surface area contributed by atoms with Gasteiger partial charge in [-0.25, -0.2) is 8.42 Å². The van der Waals surface area contributed by atoms with Crippen LogP contribution in [0.1, 0.15) is 30.7 Å². The van der Waals surface area contributed by atoms with Gasteiger partial charge in [-0.2, -0.15) is 0 Å². The van der Waals surface area contributed by atoms with Crippen LogP contribution in [0.2, 0.25) is 0 Å². The first-order chi connectivity index (χ1) is 14.7. The average molecular weight is 441 g/mol. The van der Waals surface area contributed by atoms with Gasteiger partial charge < -0.3 is 14.6 Å². The molecule has 31 heavy (non-hydrogen) atoms. The number of rotatable bonds is 7. The van der Waals surface area contributed by atoms with Gasteiger partial charge in [-0.3, -0.25) is 4.79 Å². The van der Waals surface area contributed by atoms with Crippen LogP contribution in [0.4, 0.5) is 5.82 Å². The lowest BCUT2D eigenvalue weighted by Crippen LogP contribution is -2.22. The Kier molecular flexibility index (Phi) is 6.55. The number of nitrogens with zero attached hydrogens (tertiary/aromatic N) is 1. The van der Waals surface area contributed by atoms with E-state index in [9.17, 15) is 13.2 Å². The Labute approximate surface area is 183 Å². The number of hydrogen-bond donors (Lipinski definition) is 1. The molecule has 0 aliphatic rings. The molecule has 0 saturated heterocycles. The van der Waals surface area contributed by atoms with E-state index in [0.717, 1.165) is 11.3 Å². The molecule has 0 spiro atoms. The molecule has 164 valence electrons. The van der Waals surface area contributed by atoms with Crippen molar-refractivity contribution < 1.29 is 17.9 Å². The van der Waals surface area contributed by atoms with E-state index >= 15 is 0 Å². The molecule has 2 aromatic carbocycles. The van der Waals surface area contributed by atoms with Crippen LogP contribution < -0.4 is 10.1 Å². The van der Waals surface area contributed by atoms with Crippen LogP contribution in [0, 0.1) is 19.8 Å². The van der Waals surface area contributed by atoms with E-state index in [4.69, 9.17) is 4.74 Å². The van der Waals surface area contributed by atoms with E-state index in [0.29, 0.717) is 23.7 Å². The maximum absolute atomic E-state index is 13.6. The summed E-state index contributed by atoms with van der Waals surface area (Å²) in [4.78, 5) is 12.9. The highest BCUT2D eigenvalue weighted by atomic mass is 32.2. The molecular formula is C24H28N2O4S. The van der Waals surface area contributed by atoms with Gasteiger partial charge in [0.05, 0.1) is 12.0 Å². The fourth-order valence-corrected chi connectivity index (χ4v) is 5.08. The van der Waals surface area contributed by atoms with Gasteiger partial charge in [0.25, 0.3) is 0 Å². The first-order valence-electron chi connectivity index (χ1n) is 10.1. The van der Waals surface area contributed by atoms with Gasteiger partial charge in [0.1, 0.15) is 16.5 Å². The normalized spacial score (nSPS) is 11.5. The highest BCUT2D eigenvalue weighted by Gasteiger charge is 2.31. The maximum Gasteiger partial charge on any atom is 0.228 e. The molecule has 0 unspecified atom stereocenters. The zero-order valence-electron chi connectivity index (χ0n) is 18.5. The van der Waals surface area contributed by atoms with Crippen molar-refractivity contribution in [2.24, 2.45) is 5.92 Å². The van der Waals surface area contributed by atoms with Crippen molar-refractivity contribution in [1.29, 1.82) is 0 Å². The minimum atomic E-state index is -3.88. The summed E-state index contributed by atoms with van der Waals surface area (Å²) in [5.74, 6) is 0.338. The zero-order chi connectivity index (χ0) is 22.8. The van der Waals surface area contributed by atoms with E-state index in [2.05, 4.69) is 5.32 Å². The summed E-state index contributed by atoms with van der Waals surface area (Å²) in [5, 5.41) is 2.88. The molecule has 0 aliphatic heterocycles. The zero-order valence-corrected chi connectivity index (χ0v) is 19.3. The molecule has 7 heteroatoms. The molecule has 1 aromatic heterocycles. The Morgan fingerprint density at radius 1 is 1.03 bits per heavy atom. The summed E-state index contributed by atoms with van der Waals surface area (Å²) in [5.41, 5.74) is 2.41. The molecular weight excluding hydrogens is 412 g/mol. The molecule has 0 fully saturated rings. The summed E-state index contributed by atoms with van der Waals surface area (Å²) in [6.07, 6.45) is 0. The van der Waals surface area contributed by atoms with Gasteiger partial charge in [-0.05, 0) is 49.2 Å². The Morgan fingerprint density at radius 2 is 1.65 bits per heavy atom. The number of hydrogen-bond acceptors (Lipinski definition) is 4. The topological polar surface area (TPSA) is 77.4 Å². The second kappa shape index (κ2) is 8.98. The molecule has 1 heterocycles. The third kappa shape index (κ3) is 4.51. The molecule has 0 aliphatic carbocycles. The van der Waals surface area contributed by atoms with Crippen molar-refractivity contribution in [2.75, 3.05) is 12.4 Å². The van der Waals surface area contributed by atoms with E-state index in [1.54, 1.807) is 32.9 Å². The second-order valence-electron chi connectivity index (χ2n) is 7.78. The molecule has 3 aromatic rings. The van der Waals surface area contributed by atoms with Crippen molar-refractivity contribution in [2.45, 2.75) is 44.0 Å². The van der Waals surface area contributed by atoms with Crippen molar-refractivity contribution in [3.8, 4) is 5.75 Å². The van der Waals surface area contributed by atoms with Crippen molar-refractivity contribution in [3.63, 3.8) is 0 Å². The van der Waals surface area contributed by atoms with Gasteiger partial charge >= 0.3 is 0 Å². The summed E-state index contributed by atoms with van der Waals surface area (Å²) < 4.78 is 34.3. The fourth-order valence-electron chi connectivity index (χ4n) is 3.39. The van der Waals surface area contributed by atoms with E-state index in [-0.39, 0.29) is 21.6 Å². The van der Waals surface area contributed by atoms with Crippen molar-refractivity contribution in [1.82, 2.24) is 4.57 Å². The number of anilines is 1. The maximum atomic E-state index is 13.6. The van der Waals surface area contributed by atoms with E-state index in [1.807, 2.05) is 41.8 Å². The molecule has 3 rings (SSSR count). The van der Waals surface area contributed by atoms with Crippen LogP contribution in [-0.4, -0.2) is 26.0 Å². The summed E-state index contributed by atoms with van der Waals surface area (Å²) in [6.45, 7) is 7.64. The van der Waals surface area contributed by atoms with Crippen LogP contribution in [-0.2, 0) is 21.2 Å². The molecule has 0 radical (unpaired) electrons. The molecule has 1 amide bonds. The minimum absolute atomic E-state index is 0.125. The number of aromatic nitrogens is 1. The van der Waals surface area contributed by atoms with Gasteiger partial charge in [0.15, 0.2) is 0 Å². The highest BCUT2D eigenvalue weighted by molar-refractivity contribution is 7.91. The molecule has 0 bridgehead atoms. The highest BCUT2D eigenvalue weighted by Crippen LogP contribution is 2.36. The molecule has 1 N–H and O–H groups in total. The number of carbonyl (C=O) groups is 1. The smallest absolute Gasteiger partial charge is 0.228 e. The third-order valence-corrected chi connectivity index (χ3v) is 7.29. The Morgan fingerprint density at radius 3 is 2.19 bits per heavy atom. The Balaban J connectivity index is 2.20. The van der Waals surface area contributed by atoms with Crippen LogP contribution in [0.5, 0.6) is 5.75 Å². The predicted molar refractivity (Wildman–Crippen MR) is 121 cm³/mol. The van der Waals surface area contributed by atoms with Gasteiger partial charge in [0.2, 0.25) is 15.7 Å². The fraction of sp³-hybridized carbons (Fsp3) is 0.292. The SMILES string of the molecule is COc1ccc(S(=O)(=O)c2c(C)c(C)n(Cc3ccccc3)c2NC(=O)C(C)C)cc1. The van der Waals surface area contributed by atoms with Crippen molar-refractivity contribution in [3.05, 3.63) is 71.4 Å². The Bertz CT molecular complexity index is 1180.